The molecule has 1 atom stereocenters. The molecule has 19 heavy (non-hydrogen) atoms. The van der Waals surface area contributed by atoms with Crippen molar-refractivity contribution in [2.75, 3.05) is 6.54 Å². The standard InChI is InChI=1S/C4H10N2O.3C2H4O2/c5-3-4(6)1-2-7;3*1-2(3)4/h2,4H,1,3,5-6H2;3*1H3,(H,3,4). The summed E-state index contributed by atoms with van der Waals surface area (Å²) in [5.74, 6) is -2.50. The predicted molar refractivity (Wildman–Crippen MR) is 67.6 cm³/mol. The number of aliphatic carboxylic acids is 3. The Morgan fingerprint density at radius 1 is 1.00 bits per heavy atom. The first kappa shape index (κ1) is 25.8. The summed E-state index contributed by atoms with van der Waals surface area (Å²) in [6.45, 7) is 3.64. The predicted octanol–water partition coefficient (Wildman–Crippen LogP) is -0.866. The number of carboxylic acid groups (broad SMARTS) is 3. The summed E-state index contributed by atoms with van der Waals surface area (Å²) < 4.78 is 0. The van der Waals surface area contributed by atoms with Crippen LogP contribution in [0, 0.1) is 0 Å². The van der Waals surface area contributed by atoms with Crippen LogP contribution in [0.2, 0.25) is 0 Å². The molecule has 0 fully saturated rings. The van der Waals surface area contributed by atoms with E-state index in [1.165, 1.54) is 0 Å². The minimum atomic E-state index is -0.833. The maximum atomic E-state index is 9.64. The Bertz CT molecular complexity index is 216. The fraction of sp³-hybridized carbons (Fsp3) is 0.600. The average Bonchev–Trinajstić information content (AvgIpc) is 2.15. The Morgan fingerprint density at radius 2 is 1.21 bits per heavy atom. The van der Waals surface area contributed by atoms with Gasteiger partial charge in [-0.2, -0.15) is 0 Å². The third kappa shape index (κ3) is 348. The Morgan fingerprint density at radius 3 is 1.26 bits per heavy atom. The van der Waals surface area contributed by atoms with Gasteiger partial charge in [0.15, 0.2) is 0 Å². The van der Waals surface area contributed by atoms with Gasteiger partial charge in [0.1, 0.15) is 6.29 Å². The van der Waals surface area contributed by atoms with E-state index in [1.54, 1.807) is 0 Å². The molecule has 0 aromatic rings. The fourth-order valence-electron chi connectivity index (χ4n) is 0.220. The smallest absolute Gasteiger partial charge is 0.300 e. The van der Waals surface area contributed by atoms with Crippen molar-refractivity contribution >= 4 is 24.2 Å². The second kappa shape index (κ2) is 21.3. The highest BCUT2D eigenvalue weighted by Gasteiger charge is 1.93. The van der Waals surface area contributed by atoms with Gasteiger partial charge in [-0.1, -0.05) is 0 Å². The summed E-state index contributed by atoms with van der Waals surface area (Å²) in [5.41, 5.74) is 10.3. The summed E-state index contributed by atoms with van der Waals surface area (Å²) in [6.07, 6.45) is 1.15. The highest BCUT2D eigenvalue weighted by molar-refractivity contribution is 5.63. The van der Waals surface area contributed by atoms with E-state index in [2.05, 4.69) is 0 Å². The Kier molecular flexibility index (Phi) is 28.9. The van der Waals surface area contributed by atoms with Gasteiger partial charge >= 0.3 is 0 Å². The quantitative estimate of drug-likeness (QED) is 0.411. The van der Waals surface area contributed by atoms with Crippen LogP contribution in [0.15, 0.2) is 0 Å². The molecular formula is C10H22N2O7. The molecule has 0 aliphatic rings. The average molecular weight is 282 g/mol. The lowest BCUT2D eigenvalue weighted by Crippen LogP contribution is -2.29. The van der Waals surface area contributed by atoms with Crippen LogP contribution in [0.3, 0.4) is 0 Å². The van der Waals surface area contributed by atoms with E-state index in [1.807, 2.05) is 0 Å². The van der Waals surface area contributed by atoms with Crippen LogP contribution in [0.4, 0.5) is 0 Å². The van der Waals surface area contributed by atoms with E-state index in [0.29, 0.717) is 13.0 Å². The van der Waals surface area contributed by atoms with Gasteiger partial charge in [-0.3, -0.25) is 14.4 Å². The molecule has 0 spiro atoms. The Labute approximate surface area is 111 Å². The summed E-state index contributed by atoms with van der Waals surface area (Å²) in [6, 6.07) is -0.141. The largest absolute Gasteiger partial charge is 0.481 e. The lowest BCUT2D eigenvalue weighted by Gasteiger charge is -1.99. The van der Waals surface area contributed by atoms with Crippen molar-refractivity contribution in [1.29, 1.82) is 0 Å². The number of aldehydes is 1. The maximum Gasteiger partial charge on any atom is 0.300 e. The number of hydrogen-bond acceptors (Lipinski definition) is 6. The van der Waals surface area contributed by atoms with Gasteiger partial charge < -0.3 is 31.6 Å². The molecule has 0 aliphatic carbocycles. The molecular weight excluding hydrogens is 260 g/mol. The van der Waals surface area contributed by atoms with E-state index in [0.717, 1.165) is 27.1 Å². The highest BCUT2D eigenvalue weighted by Crippen LogP contribution is 1.75. The van der Waals surface area contributed by atoms with Crippen LogP contribution >= 0.6 is 0 Å². The number of rotatable bonds is 3. The molecule has 0 saturated heterocycles. The van der Waals surface area contributed by atoms with Gasteiger partial charge in [0, 0.05) is 39.8 Å². The molecule has 9 nitrogen and oxygen atoms in total. The zero-order valence-corrected chi connectivity index (χ0v) is 11.2. The number of nitrogens with two attached hydrogens (primary N) is 2. The third-order valence-electron chi connectivity index (χ3n) is 0.702. The molecule has 114 valence electrons. The molecule has 9 heteroatoms. The van der Waals surface area contributed by atoms with Crippen molar-refractivity contribution in [3.63, 3.8) is 0 Å². The molecule has 0 aromatic carbocycles. The summed E-state index contributed by atoms with van der Waals surface area (Å²) in [7, 11) is 0. The normalized spacial score (nSPS) is 8.89. The van der Waals surface area contributed by atoms with E-state index in [-0.39, 0.29) is 6.04 Å². The second-order valence-electron chi connectivity index (χ2n) is 2.96. The molecule has 0 aliphatic heterocycles. The lowest BCUT2D eigenvalue weighted by molar-refractivity contribution is -0.135. The molecule has 0 rings (SSSR count). The molecule has 0 heterocycles. The Balaban J connectivity index is -0.0000000825. The van der Waals surface area contributed by atoms with Gasteiger partial charge in [0.05, 0.1) is 0 Å². The van der Waals surface area contributed by atoms with E-state index >= 15 is 0 Å². The number of hydrogen-bond donors (Lipinski definition) is 5. The molecule has 1 unspecified atom stereocenters. The van der Waals surface area contributed by atoms with Crippen molar-refractivity contribution in [1.82, 2.24) is 0 Å². The van der Waals surface area contributed by atoms with E-state index in [9.17, 15) is 4.79 Å². The second-order valence-corrected chi connectivity index (χ2v) is 2.96. The van der Waals surface area contributed by atoms with Crippen molar-refractivity contribution in [3.05, 3.63) is 0 Å². The lowest BCUT2D eigenvalue weighted by atomic mass is 10.2. The first-order chi connectivity index (χ1) is 8.50. The van der Waals surface area contributed by atoms with Crippen molar-refractivity contribution < 1.29 is 34.5 Å². The fourth-order valence-corrected chi connectivity index (χ4v) is 0.220. The molecule has 0 saturated carbocycles. The number of carboxylic acids is 3. The SMILES string of the molecule is CC(=O)O.CC(=O)O.CC(=O)O.NCC(N)CC=O. The van der Waals surface area contributed by atoms with Crippen LogP contribution in [-0.2, 0) is 19.2 Å². The minimum Gasteiger partial charge on any atom is -0.481 e. The van der Waals surface area contributed by atoms with Crippen LogP contribution in [0.25, 0.3) is 0 Å². The maximum absolute atomic E-state index is 9.64. The molecule has 0 aromatic heterocycles. The number of carbonyl (C=O) groups excluding carboxylic acids is 1. The number of carbonyl (C=O) groups is 4. The zero-order valence-electron chi connectivity index (χ0n) is 11.2. The molecule has 7 N–H and O–H groups in total. The van der Waals surface area contributed by atoms with Crippen molar-refractivity contribution in [2.24, 2.45) is 11.5 Å². The molecule has 0 bridgehead atoms. The van der Waals surface area contributed by atoms with Crippen molar-refractivity contribution in [2.45, 2.75) is 33.2 Å². The summed E-state index contributed by atoms with van der Waals surface area (Å²) in [4.78, 5) is 36.6. The van der Waals surface area contributed by atoms with Gasteiger partial charge in [0.25, 0.3) is 17.9 Å². The van der Waals surface area contributed by atoms with Crippen molar-refractivity contribution in [3.8, 4) is 0 Å². The highest BCUT2D eigenvalue weighted by atomic mass is 16.4. The molecule has 0 radical (unpaired) electrons. The van der Waals surface area contributed by atoms with Crippen LogP contribution < -0.4 is 11.5 Å². The third-order valence-corrected chi connectivity index (χ3v) is 0.702. The first-order valence-electron chi connectivity index (χ1n) is 4.99. The van der Waals surface area contributed by atoms with Gasteiger partial charge in [-0.05, 0) is 0 Å². The molecule has 0 amide bonds. The van der Waals surface area contributed by atoms with Gasteiger partial charge in [-0.25, -0.2) is 0 Å². The van der Waals surface area contributed by atoms with E-state index < -0.39 is 17.9 Å². The monoisotopic (exact) mass is 282 g/mol. The summed E-state index contributed by atoms with van der Waals surface area (Å²) in [5, 5.41) is 22.2. The summed E-state index contributed by atoms with van der Waals surface area (Å²) >= 11 is 0. The first-order valence-corrected chi connectivity index (χ1v) is 4.99. The van der Waals surface area contributed by atoms with Crippen LogP contribution in [0.1, 0.15) is 27.2 Å². The Hall–Kier alpha value is -2.00. The van der Waals surface area contributed by atoms with Crippen LogP contribution in [-0.4, -0.2) is 52.1 Å². The zero-order chi connectivity index (χ0) is 16.4. The van der Waals surface area contributed by atoms with Crippen LogP contribution in [0.5, 0.6) is 0 Å². The van der Waals surface area contributed by atoms with E-state index in [4.69, 9.17) is 41.2 Å². The van der Waals surface area contributed by atoms with Gasteiger partial charge in [-0.15, -0.1) is 0 Å². The topological polar surface area (TPSA) is 181 Å². The minimum absolute atomic E-state index is 0.141. The van der Waals surface area contributed by atoms with Gasteiger partial charge in [0.2, 0.25) is 0 Å².